The molecule has 0 saturated carbocycles. The van der Waals surface area contributed by atoms with Crippen molar-refractivity contribution in [3.8, 4) is 0 Å². The highest BCUT2D eigenvalue weighted by Gasteiger charge is 2.31. The number of ether oxygens (including phenoxy) is 1. The van der Waals surface area contributed by atoms with Crippen LogP contribution in [0.3, 0.4) is 0 Å². The largest absolute Gasteiger partial charge is 0.392 e. The van der Waals surface area contributed by atoms with Crippen LogP contribution in [0.15, 0.2) is 0 Å². The van der Waals surface area contributed by atoms with E-state index in [0.717, 1.165) is 0 Å². The zero-order chi connectivity index (χ0) is 9.78. The summed E-state index contributed by atoms with van der Waals surface area (Å²) in [6.45, 7) is 6.97. The van der Waals surface area contributed by atoms with E-state index < -0.39 is 6.10 Å². The van der Waals surface area contributed by atoms with Crippen molar-refractivity contribution in [2.24, 2.45) is 17.1 Å². The first-order valence-corrected chi connectivity index (χ1v) is 4.32. The molecule has 0 spiro atoms. The van der Waals surface area contributed by atoms with Crippen molar-refractivity contribution in [2.75, 3.05) is 20.3 Å². The number of hydrogen-bond acceptors (Lipinski definition) is 3. The molecule has 3 N–H and O–H groups in total. The van der Waals surface area contributed by atoms with Gasteiger partial charge in [-0.25, -0.2) is 0 Å². The molecule has 0 aromatic rings. The van der Waals surface area contributed by atoms with Gasteiger partial charge >= 0.3 is 0 Å². The van der Waals surface area contributed by atoms with Gasteiger partial charge in [-0.15, -0.1) is 0 Å². The van der Waals surface area contributed by atoms with Gasteiger partial charge < -0.3 is 15.6 Å². The maximum Gasteiger partial charge on any atom is 0.0650 e. The van der Waals surface area contributed by atoms with Crippen LogP contribution in [-0.4, -0.2) is 31.5 Å². The van der Waals surface area contributed by atoms with Crippen LogP contribution in [0.25, 0.3) is 0 Å². The zero-order valence-electron chi connectivity index (χ0n) is 8.50. The van der Waals surface area contributed by atoms with Gasteiger partial charge in [0.25, 0.3) is 0 Å². The van der Waals surface area contributed by atoms with Crippen LogP contribution in [0.4, 0.5) is 0 Å². The van der Waals surface area contributed by atoms with Crippen molar-refractivity contribution in [2.45, 2.75) is 26.9 Å². The molecule has 0 aliphatic rings. The van der Waals surface area contributed by atoms with Crippen LogP contribution in [-0.2, 0) is 4.74 Å². The van der Waals surface area contributed by atoms with E-state index in [1.807, 2.05) is 20.8 Å². The minimum absolute atomic E-state index is 0.121. The Morgan fingerprint density at radius 1 is 1.50 bits per heavy atom. The lowest BCUT2D eigenvalue weighted by molar-refractivity contribution is -0.0345. The molecular formula is C9H21NO2. The van der Waals surface area contributed by atoms with E-state index >= 15 is 0 Å². The van der Waals surface area contributed by atoms with Crippen LogP contribution in [0, 0.1) is 11.3 Å². The third-order valence-electron chi connectivity index (χ3n) is 2.23. The first-order valence-electron chi connectivity index (χ1n) is 4.32. The second-order valence-corrected chi connectivity index (χ2v) is 4.08. The Kier molecular flexibility index (Phi) is 4.75. The first-order chi connectivity index (χ1) is 5.45. The molecule has 0 aliphatic carbocycles. The SMILES string of the molecule is COCC(C)(C)C(O)C(C)CN. The van der Waals surface area contributed by atoms with Crippen molar-refractivity contribution in [1.82, 2.24) is 0 Å². The van der Waals surface area contributed by atoms with E-state index in [1.165, 1.54) is 0 Å². The first kappa shape index (κ1) is 11.9. The summed E-state index contributed by atoms with van der Waals surface area (Å²) in [6.07, 6.45) is -0.401. The Labute approximate surface area is 74.9 Å². The molecule has 0 saturated heterocycles. The molecule has 0 amide bonds. The number of nitrogens with two attached hydrogens (primary N) is 1. The number of rotatable bonds is 5. The highest BCUT2D eigenvalue weighted by molar-refractivity contribution is 4.81. The summed E-state index contributed by atoms with van der Waals surface area (Å²) in [4.78, 5) is 0. The number of aliphatic hydroxyl groups excluding tert-OH is 1. The average Bonchev–Trinajstić information content (AvgIpc) is 2.01. The predicted octanol–water partition coefficient (Wildman–Crippen LogP) is 0.615. The number of methoxy groups -OCH3 is 1. The average molecular weight is 175 g/mol. The van der Waals surface area contributed by atoms with Gasteiger partial charge in [0.15, 0.2) is 0 Å². The smallest absolute Gasteiger partial charge is 0.0650 e. The van der Waals surface area contributed by atoms with Crippen molar-refractivity contribution in [3.05, 3.63) is 0 Å². The molecule has 3 heteroatoms. The Hall–Kier alpha value is -0.120. The van der Waals surface area contributed by atoms with E-state index in [9.17, 15) is 5.11 Å². The monoisotopic (exact) mass is 175 g/mol. The van der Waals surface area contributed by atoms with E-state index in [1.54, 1.807) is 7.11 Å². The van der Waals surface area contributed by atoms with Crippen molar-refractivity contribution >= 4 is 0 Å². The number of hydrogen-bond donors (Lipinski definition) is 2. The Bertz CT molecular complexity index is 126. The third kappa shape index (κ3) is 3.09. The molecule has 3 nitrogen and oxygen atoms in total. The maximum atomic E-state index is 9.82. The molecule has 0 radical (unpaired) electrons. The Morgan fingerprint density at radius 2 is 2.00 bits per heavy atom. The van der Waals surface area contributed by atoms with Crippen molar-refractivity contribution < 1.29 is 9.84 Å². The van der Waals surface area contributed by atoms with Gasteiger partial charge in [0.1, 0.15) is 0 Å². The highest BCUT2D eigenvalue weighted by atomic mass is 16.5. The summed E-state index contributed by atoms with van der Waals surface area (Å²) < 4.78 is 5.02. The summed E-state index contributed by atoms with van der Waals surface area (Å²) in [5.74, 6) is 0.121. The number of aliphatic hydroxyl groups is 1. The standard InChI is InChI=1S/C9H21NO2/c1-7(5-10)8(11)9(2,3)6-12-4/h7-8,11H,5-6,10H2,1-4H3. The highest BCUT2D eigenvalue weighted by Crippen LogP contribution is 2.25. The van der Waals surface area contributed by atoms with Gasteiger partial charge in [0, 0.05) is 12.5 Å². The summed E-state index contributed by atoms with van der Waals surface area (Å²) >= 11 is 0. The minimum Gasteiger partial charge on any atom is -0.392 e. The van der Waals surface area contributed by atoms with Crippen molar-refractivity contribution in [3.63, 3.8) is 0 Å². The van der Waals surface area contributed by atoms with Crippen LogP contribution < -0.4 is 5.73 Å². The second-order valence-electron chi connectivity index (χ2n) is 4.08. The van der Waals surface area contributed by atoms with Gasteiger partial charge in [-0.3, -0.25) is 0 Å². The van der Waals surface area contributed by atoms with E-state index in [4.69, 9.17) is 10.5 Å². The lowest BCUT2D eigenvalue weighted by Crippen LogP contribution is -2.40. The molecule has 12 heavy (non-hydrogen) atoms. The fraction of sp³-hybridized carbons (Fsp3) is 1.00. The molecule has 2 unspecified atom stereocenters. The summed E-state index contributed by atoms with van der Waals surface area (Å²) in [6, 6.07) is 0. The lowest BCUT2D eigenvalue weighted by atomic mass is 9.81. The third-order valence-corrected chi connectivity index (χ3v) is 2.23. The van der Waals surface area contributed by atoms with E-state index in [2.05, 4.69) is 0 Å². The quantitative estimate of drug-likeness (QED) is 0.644. The summed E-state index contributed by atoms with van der Waals surface area (Å²) in [5.41, 5.74) is 5.25. The van der Waals surface area contributed by atoms with Gasteiger partial charge in [-0.2, -0.15) is 0 Å². The maximum absolute atomic E-state index is 9.82. The van der Waals surface area contributed by atoms with Crippen LogP contribution in [0.2, 0.25) is 0 Å². The predicted molar refractivity (Wildman–Crippen MR) is 49.9 cm³/mol. The lowest BCUT2D eigenvalue weighted by Gasteiger charge is -2.33. The molecule has 0 fully saturated rings. The summed E-state index contributed by atoms with van der Waals surface area (Å²) in [7, 11) is 1.64. The normalized spacial score (nSPS) is 17.5. The molecule has 0 aromatic heterocycles. The van der Waals surface area contributed by atoms with Gasteiger partial charge in [-0.1, -0.05) is 20.8 Å². The fourth-order valence-corrected chi connectivity index (χ4v) is 1.36. The van der Waals surface area contributed by atoms with Gasteiger partial charge in [0.2, 0.25) is 0 Å². The fourth-order valence-electron chi connectivity index (χ4n) is 1.36. The van der Waals surface area contributed by atoms with Crippen LogP contribution >= 0.6 is 0 Å². The topological polar surface area (TPSA) is 55.5 Å². The summed E-state index contributed by atoms with van der Waals surface area (Å²) in [5, 5.41) is 9.82. The molecule has 2 atom stereocenters. The van der Waals surface area contributed by atoms with Crippen LogP contribution in [0.5, 0.6) is 0 Å². The van der Waals surface area contributed by atoms with E-state index in [-0.39, 0.29) is 11.3 Å². The van der Waals surface area contributed by atoms with Gasteiger partial charge in [0.05, 0.1) is 12.7 Å². The Balaban J connectivity index is 4.13. The van der Waals surface area contributed by atoms with Crippen molar-refractivity contribution in [1.29, 1.82) is 0 Å². The minimum atomic E-state index is -0.401. The molecule has 0 bridgehead atoms. The van der Waals surface area contributed by atoms with Crippen LogP contribution in [0.1, 0.15) is 20.8 Å². The van der Waals surface area contributed by atoms with Gasteiger partial charge in [-0.05, 0) is 12.5 Å². The molecule has 74 valence electrons. The zero-order valence-corrected chi connectivity index (χ0v) is 8.50. The van der Waals surface area contributed by atoms with E-state index in [0.29, 0.717) is 13.2 Å². The molecule has 0 heterocycles. The molecular weight excluding hydrogens is 154 g/mol. The molecule has 0 rings (SSSR count). The second kappa shape index (κ2) is 4.80. The molecule has 0 aliphatic heterocycles. The molecule has 0 aromatic carbocycles. The Morgan fingerprint density at radius 3 is 2.33 bits per heavy atom.